The number of hydrogen-bond donors (Lipinski definition) is 1. The summed E-state index contributed by atoms with van der Waals surface area (Å²) in [6.07, 6.45) is 1.08. The Hall–Kier alpha value is -1.59. The molecule has 3 nitrogen and oxygen atoms in total. The van der Waals surface area contributed by atoms with Gasteiger partial charge in [0.05, 0.1) is 11.1 Å². The smallest absolute Gasteiger partial charge is 0.175 e. The third kappa shape index (κ3) is 6.01. The lowest BCUT2D eigenvalue weighted by Crippen LogP contribution is -2.24. The van der Waals surface area contributed by atoms with Gasteiger partial charge in [-0.15, -0.1) is 0 Å². The van der Waals surface area contributed by atoms with E-state index in [0.717, 1.165) is 28.6 Å². The summed E-state index contributed by atoms with van der Waals surface area (Å²) < 4.78 is 25.5. The van der Waals surface area contributed by atoms with Gasteiger partial charge in [0.1, 0.15) is 12.4 Å². The Balaban J connectivity index is 2.13. The molecule has 0 unspecified atom stereocenters. The van der Waals surface area contributed by atoms with Crippen LogP contribution in [0, 0.1) is 5.82 Å². The van der Waals surface area contributed by atoms with E-state index < -0.39 is 0 Å². The van der Waals surface area contributed by atoms with Crippen LogP contribution in [0.15, 0.2) is 40.9 Å². The van der Waals surface area contributed by atoms with Crippen LogP contribution in [-0.2, 0) is 13.2 Å². The molecule has 0 aliphatic rings. The highest BCUT2D eigenvalue weighted by molar-refractivity contribution is 9.10. The molecule has 0 spiro atoms. The lowest BCUT2D eigenvalue weighted by Gasteiger charge is -2.17. The van der Waals surface area contributed by atoms with E-state index in [9.17, 15) is 4.39 Å². The van der Waals surface area contributed by atoms with E-state index in [1.165, 1.54) is 12.1 Å². The highest BCUT2D eigenvalue weighted by Gasteiger charge is 2.13. The van der Waals surface area contributed by atoms with Crippen molar-refractivity contribution in [2.75, 3.05) is 6.61 Å². The van der Waals surface area contributed by atoms with Crippen LogP contribution in [-0.4, -0.2) is 12.6 Å². The Bertz CT molecular complexity index is 676. The Labute approximate surface area is 157 Å². The molecule has 5 heteroatoms. The van der Waals surface area contributed by atoms with E-state index in [2.05, 4.69) is 35.1 Å². The van der Waals surface area contributed by atoms with E-state index in [-0.39, 0.29) is 5.82 Å². The Morgan fingerprint density at radius 2 is 1.80 bits per heavy atom. The summed E-state index contributed by atoms with van der Waals surface area (Å²) in [6.45, 7) is 7.95. The molecule has 0 radical (unpaired) electrons. The zero-order valence-corrected chi connectivity index (χ0v) is 16.5. The van der Waals surface area contributed by atoms with Crippen molar-refractivity contribution in [2.24, 2.45) is 0 Å². The van der Waals surface area contributed by atoms with Crippen LogP contribution in [0.1, 0.15) is 38.3 Å². The van der Waals surface area contributed by atoms with E-state index in [1.54, 1.807) is 12.1 Å². The second kappa shape index (κ2) is 9.78. The van der Waals surface area contributed by atoms with Gasteiger partial charge in [-0.05, 0) is 71.6 Å². The maximum atomic E-state index is 13.0. The van der Waals surface area contributed by atoms with Gasteiger partial charge in [-0.1, -0.05) is 19.1 Å². The second-order valence-corrected chi connectivity index (χ2v) is 6.80. The van der Waals surface area contributed by atoms with Crippen molar-refractivity contribution in [1.82, 2.24) is 5.32 Å². The highest BCUT2D eigenvalue weighted by atomic mass is 79.9. The van der Waals surface area contributed by atoms with E-state index in [1.807, 2.05) is 19.1 Å². The minimum Gasteiger partial charge on any atom is -0.490 e. The van der Waals surface area contributed by atoms with Crippen molar-refractivity contribution in [2.45, 2.75) is 46.4 Å². The molecule has 136 valence electrons. The largest absolute Gasteiger partial charge is 0.490 e. The molecule has 2 rings (SSSR count). The lowest BCUT2D eigenvalue weighted by atomic mass is 10.1. The SMILES string of the molecule is CCOc1cc(CN[C@@H](C)CC)cc(Br)c1OCc1ccc(F)cc1. The van der Waals surface area contributed by atoms with Crippen LogP contribution in [0.3, 0.4) is 0 Å². The Morgan fingerprint density at radius 3 is 2.44 bits per heavy atom. The van der Waals surface area contributed by atoms with Crippen LogP contribution in [0.25, 0.3) is 0 Å². The summed E-state index contributed by atoms with van der Waals surface area (Å²) >= 11 is 3.58. The summed E-state index contributed by atoms with van der Waals surface area (Å²) in [6, 6.07) is 10.8. The number of hydrogen-bond acceptors (Lipinski definition) is 3. The Morgan fingerprint density at radius 1 is 1.08 bits per heavy atom. The summed E-state index contributed by atoms with van der Waals surface area (Å²) in [5.74, 6) is 1.12. The van der Waals surface area contributed by atoms with Crippen molar-refractivity contribution in [1.29, 1.82) is 0 Å². The van der Waals surface area contributed by atoms with Gasteiger partial charge in [0.15, 0.2) is 11.5 Å². The van der Waals surface area contributed by atoms with Crippen LogP contribution in [0.4, 0.5) is 4.39 Å². The molecule has 0 saturated carbocycles. The molecule has 25 heavy (non-hydrogen) atoms. The molecule has 2 aromatic carbocycles. The normalized spacial score (nSPS) is 12.0. The van der Waals surface area contributed by atoms with Gasteiger partial charge in [0.25, 0.3) is 0 Å². The predicted octanol–water partition coefficient (Wildman–Crippen LogP) is 5.45. The van der Waals surface area contributed by atoms with Gasteiger partial charge < -0.3 is 14.8 Å². The van der Waals surface area contributed by atoms with Crippen LogP contribution < -0.4 is 14.8 Å². The van der Waals surface area contributed by atoms with Crippen molar-refractivity contribution in [3.8, 4) is 11.5 Å². The van der Waals surface area contributed by atoms with Crippen molar-refractivity contribution in [3.63, 3.8) is 0 Å². The lowest BCUT2D eigenvalue weighted by molar-refractivity contribution is 0.267. The zero-order chi connectivity index (χ0) is 18.2. The molecule has 0 aromatic heterocycles. The minimum absolute atomic E-state index is 0.252. The predicted molar refractivity (Wildman–Crippen MR) is 103 cm³/mol. The monoisotopic (exact) mass is 409 g/mol. The first-order chi connectivity index (χ1) is 12.0. The van der Waals surface area contributed by atoms with E-state index >= 15 is 0 Å². The zero-order valence-electron chi connectivity index (χ0n) is 14.9. The number of ether oxygens (including phenoxy) is 2. The van der Waals surface area contributed by atoms with Gasteiger partial charge >= 0.3 is 0 Å². The van der Waals surface area contributed by atoms with Crippen LogP contribution in [0.2, 0.25) is 0 Å². The average Bonchev–Trinajstić information content (AvgIpc) is 2.60. The maximum Gasteiger partial charge on any atom is 0.175 e. The molecule has 0 heterocycles. The maximum absolute atomic E-state index is 13.0. The number of rotatable bonds is 9. The quantitative estimate of drug-likeness (QED) is 0.596. The number of nitrogens with one attached hydrogen (secondary N) is 1. The van der Waals surface area contributed by atoms with Crippen molar-refractivity contribution in [3.05, 3.63) is 57.8 Å². The molecule has 0 amide bonds. The summed E-state index contributed by atoms with van der Waals surface area (Å²) in [5.41, 5.74) is 2.03. The molecule has 1 atom stereocenters. The third-order valence-corrected chi connectivity index (χ3v) is 4.52. The molecule has 1 N–H and O–H groups in total. The fourth-order valence-corrected chi connectivity index (χ4v) is 2.90. The van der Waals surface area contributed by atoms with Crippen LogP contribution >= 0.6 is 15.9 Å². The molecular weight excluding hydrogens is 385 g/mol. The molecule has 0 aliphatic carbocycles. The molecule has 0 fully saturated rings. The van der Waals surface area contributed by atoms with Crippen molar-refractivity contribution < 1.29 is 13.9 Å². The van der Waals surface area contributed by atoms with E-state index in [4.69, 9.17) is 9.47 Å². The van der Waals surface area contributed by atoms with E-state index in [0.29, 0.717) is 30.8 Å². The molecular formula is C20H25BrFNO2. The molecule has 0 saturated heterocycles. The second-order valence-electron chi connectivity index (χ2n) is 5.94. The first-order valence-corrected chi connectivity index (χ1v) is 9.38. The van der Waals surface area contributed by atoms with Gasteiger partial charge in [0.2, 0.25) is 0 Å². The standard InChI is InChI=1S/C20H25BrFNO2/c1-4-14(3)23-12-16-10-18(21)20(19(11-16)24-5-2)25-13-15-6-8-17(22)9-7-15/h6-11,14,23H,4-5,12-13H2,1-3H3/t14-/m0/s1. The number of benzene rings is 2. The molecule has 0 aliphatic heterocycles. The summed E-state index contributed by atoms with van der Waals surface area (Å²) in [4.78, 5) is 0. The fraction of sp³-hybridized carbons (Fsp3) is 0.400. The molecule has 0 bridgehead atoms. The van der Waals surface area contributed by atoms with Crippen LogP contribution in [0.5, 0.6) is 11.5 Å². The Kier molecular flexibility index (Phi) is 7.72. The van der Waals surface area contributed by atoms with Crippen molar-refractivity contribution >= 4 is 15.9 Å². The first kappa shape index (κ1) is 19.7. The highest BCUT2D eigenvalue weighted by Crippen LogP contribution is 2.37. The third-order valence-electron chi connectivity index (χ3n) is 3.93. The average molecular weight is 410 g/mol. The van der Waals surface area contributed by atoms with Gasteiger partial charge in [-0.2, -0.15) is 0 Å². The minimum atomic E-state index is -0.252. The van der Waals surface area contributed by atoms with Gasteiger partial charge in [-0.3, -0.25) is 0 Å². The topological polar surface area (TPSA) is 30.5 Å². The van der Waals surface area contributed by atoms with Gasteiger partial charge in [-0.25, -0.2) is 4.39 Å². The molecule has 2 aromatic rings. The fourth-order valence-electron chi connectivity index (χ4n) is 2.30. The number of halogens is 2. The van der Waals surface area contributed by atoms with Gasteiger partial charge in [0, 0.05) is 12.6 Å². The summed E-state index contributed by atoms with van der Waals surface area (Å²) in [5, 5.41) is 3.48. The summed E-state index contributed by atoms with van der Waals surface area (Å²) in [7, 11) is 0. The first-order valence-electron chi connectivity index (χ1n) is 8.59.